The number of β-lactam (4-membered cyclic amide) rings is 1. The summed E-state index contributed by atoms with van der Waals surface area (Å²) < 4.78 is 0. The Bertz CT molecular complexity index is 1410. The first kappa shape index (κ1) is 22.2. The van der Waals surface area contributed by atoms with Crippen LogP contribution in [0.2, 0.25) is 10.0 Å². The van der Waals surface area contributed by atoms with Gasteiger partial charge in [-0.25, -0.2) is 0 Å². The monoisotopic (exact) mass is 544 g/mol. The van der Waals surface area contributed by atoms with Crippen molar-refractivity contribution in [1.29, 1.82) is 0 Å². The number of carbonyl (C=O) groups is 1. The van der Waals surface area contributed by atoms with E-state index in [9.17, 15) is 4.79 Å². The number of fused-ring (bicyclic) bond motifs is 2. The molecule has 170 valence electrons. The van der Waals surface area contributed by atoms with Crippen molar-refractivity contribution in [3.8, 4) is 0 Å². The molecule has 2 unspecified atom stereocenters. The van der Waals surface area contributed by atoms with Gasteiger partial charge in [-0.15, -0.1) is 21.8 Å². The molecule has 1 aromatic heterocycles. The number of anilines is 3. The Balaban J connectivity index is 1.32. The fraction of sp³-hybridized carbons (Fsp3) is 0.125. The summed E-state index contributed by atoms with van der Waals surface area (Å²) in [6, 6.07) is 21.2. The second-order valence-corrected chi connectivity index (χ2v) is 11.3. The van der Waals surface area contributed by atoms with Crippen LogP contribution in [0, 0.1) is 0 Å². The molecule has 2 aliphatic heterocycles. The summed E-state index contributed by atoms with van der Waals surface area (Å²) in [5.74, 6) is -0.179. The van der Waals surface area contributed by atoms with Crippen LogP contribution in [-0.4, -0.2) is 21.5 Å². The molecule has 4 aromatic rings. The second-order valence-electron chi connectivity index (χ2n) is 7.85. The number of alkyl halides is 1. The van der Waals surface area contributed by atoms with Crippen molar-refractivity contribution >= 4 is 80.3 Å². The Morgan fingerprint density at radius 1 is 0.882 bits per heavy atom. The van der Waals surface area contributed by atoms with Crippen molar-refractivity contribution in [2.45, 2.75) is 27.8 Å². The van der Waals surface area contributed by atoms with Crippen LogP contribution in [0.5, 0.6) is 0 Å². The van der Waals surface area contributed by atoms with E-state index in [0.29, 0.717) is 21.7 Å². The molecule has 3 heterocycles. The zero-order chi connectivity index (χ0) is 23.4. The highest BCUT2D eigenvalue weighted by molar-refractivity contribution is 7.99. The lowest BCUT2D eigenvalue weighted by Crippen LogP contribution is -2.56. The molecule has 0 aliphatic carbocycles. The molecule has 5 nitrogen and oxygen atoms in total. The summed E-state index contributed by atoms with van der Waals surface area (Å²) >= 11 is 21.8. The normalized spacial score (nSPS) is 19.0. The van der Waals surface area contributed by atoms with Crippen LogP contribution in [0.1, 0.15) is 16.6 Å². The number of amides is 1. The fourth-order valence-electron chi connectivity index (χ4n) is 4.16. The van der Waals surface area contributed by atoms with Gasteiger partial charge in [0.1, 0.15) is 10.4 Å². The summed E-state index contributed by atoms with van der Waals surface area (Å²) in [6.07, 6.45) is 0. The summed E-state index contributed by atoms with van der Waals surface area (Å²) in [5.41, 5.74) is 3.01. The number of hydrogen-bond acceptors (Lipinski definition) is 6. The lowest BCUT2D eigenvalue weighted by Gasteiger charge is -2.42. The van der Waals surface area contributed by atoms with Crippen molar-refractivity contribution in [2.75, 3.05) is 9.80 Å². The first-order valence-corrected chi connectivity index (χ1v) is 13.2. The number of carbonyl (C=O) groups excluding carboxylic acids is 1. The van der Waals surface area contributed by atoms with Crippen molar-refractivity contribution in [1.82, 2.24) is 10.2 Å². The van der Waals surface area contributed by atoms with Crippen LogP contribution in [0.3, 0.4) is 0 Å². The second kappa shape index (κ2) is 8.73. The van der Waals surface area contributed by atoms with E-state index in [4.69, 9.17) is 34.8 Å². The number of benzene rings is 3. The Morgan fingerprint density at radius 3 is 2.44 bits per heavy atom. The standard InChI is InChI=1S/C24H15Cl3N4OS2/c25-14-7-5-13(6-8-14)22-21(27)23(32)31(22)24-29-28-20(34-24)12-30-16-3-1-2-4-18(16)33-19-10-9-15(26)11-17(19)30/h1-11,21-22H,12H2. The average Bonchev–Trinajstić information content (AvgIpc) is 3.30. The molecule has 3 aromatic carbocycles. The van der Waals surface area contributed by atoms with Crippen LogP contribution in [0.25, 0.3) is 0 Å². The summed E-state index contributed by atoms with van der Waals surface area (Å²) in [5, 5.41) is 10.7. The molecule has 34 heavy (non-hydrogen) atoms. The highest BCUT2D eigenvalue weighted by atomic mass is 35.5. The van der Waals surface area contributed by atoms with Gasteiger partial charge in [-0.1, -0.05) is 70.6 Å². The van der Waals surface area contributed by atoms with Crippen LogP contribution in [0.15, 0.2) is 76.5 Å². The highest BCUT2D eigenvalue weighted by Gasteiger charge is 2.49. The molecule has 2 aliphatic rings. The van der Waals surface area contributed by atoms with Gasteiger partial charge >= 0.3 is 0 Å². The minimum absolute atomic E-state index is 0.179. The third kappa shape index (κ3) is 3.76. The number of aromatic nitrogens is 2. The average molecular weight is 546 g/mol. The predicted molar refractivity (Wildman–Crippen MR) is 139 cm³/mol. The molecule has 1 saturated heterocycles. The van der Waals surface area contributed by atoms with Gasteiger partial charge in [-0.3, -0.25) is 9.69 Å². The van der Waals surface area contributed by atoms with Crippen LogP contribution in [0.4, 0.5) is 16.5 Å². The molecule has 10 heteroatoms. The molecular formula is C24H15Cl3N4OS2. The number of nitrogens with zero attached hydrogens (tertiary/aromatic N) is 4. The van der Waals surface area contributed by atoms with Gasteiger partial charge in [0.05, 0.1) is 24.0 Å². The minimum atomic E-state index is -0.645. The lowest BCUT2D eigenvalue weighted by molar-refractivity contribution is -0.123. The van der Waals surface area contributed by atoms with Crippen molar-refractivity contribution in [2.24, 2.45) is 0 Å². The van der Waals surface area contributed by atoms with E-state index in [1.165, 1.54) is 11.3 Å². The maximum Gasteiger partial charge on any atom is 0.250 e. The van der Waals surface area contributed by atoms with E-state index in [0.717, 1.165) is 31.7 Å². The topological polar surface area (TPSA) is 49.3 Å². The minimum Gasteiger partial charge on any atom is -0.333 e. The van der Waals surface area contributed by atoms with E-state index < -0.39 is 5.38 Å². The lowest BCUT2D eigenvalue weighted by atomic mass is 9.94. The van der Waals surface area contributed by atoms with Gasteiger partial charge < -0.3 is 4.90 Å². The van der Waals surface area contributed by atoms with Gasteiger partial charge in [0, 0.05) is 19.8 Å². The van der Waals surface area contributed by atoms with Gasteiger partial charge in [0.25, 0.3) is 0 Å². The number of halogens is 3. The van der Waals surface area contributed by atoms with Crippen molar-refractivity contribution < 1.29 is 4.79 Å². The molecule has 0 spiro atoms. The largest absolute Gasteiger partial charge is 0.333 e. The van der Waals surface area contributed by atoms with E-state index in [1.807, 2.05) is 42.5 Å². The molecule has 1 fully saturated rings. The molecule has 1 amide bonds. The van der Waals surface area contributed by atoms with Crippen molar-refractivity contribution in [3.05, 3.63) is 87.3 Å². The SMILES string of the molecule is O=C1C(Cl)C(c2ccc(Cl)cc2)N1c1nnc(CN2c3ccccc3Sc3ccc(Cl)cc32)s1. The molecule has 0 radical (unpaired) electrons. The number of para-hydroxylation sites is 1. The van der Waals surface area contributed by atoms with Crippen LogP contribution in [-0.2, 0) is 11.3 Å². The number of rotatable bonds is 4. The zero-order valence-corrected chi connectivity index (χ0v) is 21.3. The first-order valence-electron chi connectivity index (χ1n) is 10.4. The Labute approximate surface area is 219 Å². The quantitative estimate of drug-likeness (QED) is 0.198. The highest BCUT2D eigenvalue weighted by Crippen LogP contribution is 2.50. The smallest absolute Gasteiger partial charge is 0.250 e. The Kier molecular flexibility index (Phi) is 5.70. The molecule has 0 bridgehead atoms. The zero-order valence-electron chi connectivity index (χ0n) is 17.4. The van der Waals surface area contributed by atoms with E-state index in [-0.39, 0.29) is 11.9 Å². The van der Waals surface area contributed by atoms with Crippen molar-refractivity contribution in [3.63, 3.8) is 0 Å². The molecule has 2 atom stereocenters. The Hall–Kier alpha value is -2.29. The Morgan fingerprint density at radius 2 is 1.62 bits per heavy atom. The molecular weight excluding hydrogens is 531 g/mol. The van der Waals surface area contributed by atoms with Gasteiger partial charge in [-0.2, -0.15) is 0 Å². The maximum absolute atomic E-state index is 12.7. The van der Waals surface area contributed by atoms with Gasteiger partial charge in [0.15, 0.2) is 0 Å². The van der Waals surface area contributed by atoms with Gasteiger partial charge in [-0.05, 0) is 48.0 Å². The molecule has 0 saturated carbocycles. The van der Waals surface area contributed by atoms with E-state index >= 15 is 0 Å². The summed E-state index contributed by atoms with van der Waals surface area (Å²) in [7, 11) is 0. The maximum atomic E-state index is 12.7. The first-order chi connectivity index (χ1) is 16.5. The summed E-state index contributed by atoms with van der Waals surface area (Å²) in [4.78, 5) is 18.7. The van der Waals surface area contributed by atoms with Gasteiger partial charge in [0.2, 0.25) is 11.0 Å². The third-order valence-corrected chi connectivity index (χ3v) is 8.73. The predicted octanol–water partition coefficient (Wildman–Crippen LogP) is 7.34. The number of hydrogen-bond donors (Lipinski definition) is 0. The third-order valence-electron chi connectivity index (χ3n) is 5.78. The fourth-order valence-corrected chi connectivity index (χ4v) is 6.76. The van der Waals surface area contributed by atoms with E-state index in [1.54, 1.807) is 28.8 Å². The molecule has 0 N–H and O–H groups in total. The van der Waals surface area contributed by atoms with E-state index in [2.05, 4.69) is 27.2 Å². The summed E-state index contributed by atoms with van der Waals surface area (Å²) in [6.45, 7) is 0.501. The molecule has 6 rings (SSSR count). The van der Waals surface area contributed by atoms with Crippen LogP contribution >= 0.6 is 57.9 Å². The van der Waals surface area contributed by atoms with Crippen LogP contribution < -0.4 is 9.80 Å².